The Hall–Kier alpha value is -0.750. The maximum Gasteiger partial charge on any atom is 0.356 e. The van der Waals surface area contributed by atoms with Crippen molar-refractivity contribution in [3.05, 3.63) is 12.2 Å². The molecule has 1 aliphatic rings. The van der Waals surface area contributed by atoms with Crippen LogP contribution in [0.4, 0.5) is 0 Å². The van der Waals surface area contributed by atoms with E-state index in [0.717, 1.165) is 0 Å². The summed E-state index contributed by atoms with van der Waals surface area (Å²) < 4.78 is 27.0. The van der Waals surface area contributed by atoms with Crippen LogP contribution in [-0.2, 0) is 24.8 Å². The van der Waals surface area contributed by atoms with Gasteiger partial charge in [-0.1, -0.05) is 0 Å². The zero-order valence-corrected chi connectivity index (χ0v) is 9.15. The summed E-state index contributed by atoms with van der Waals surface area (Å²) in [6.45, 7) is 0.377. The van der Waals surface area contributed by atoms with E-state index < -0.39 is 7.60 Å². The third-order valence-electron chi connectivity index (χ3n) is 2.02. The van der Waals surface area contributed by atoms with Gasteiger partial charge in [0.05, 0.1) is 12.7 Å². The highest BCUT2D eigenvalue weighted by Gasteiger charge is 2.33. The Labute approximate surface area is 86.7 Å². The monoisotopic (exact) mass is 233 g/mol. The Morgan fingerprint density at radius 2 is 2.67 bits per heavy atom. The van der Waals surface area contributed by atoms with Gasteiger partial charge < -0.3 is 13.8 Å². The normalized spacial score (nSPS) is 31.7. The predicted octanol–water partition coefficient (Wildman–Crippen LogP) is 0.560. The van der Waals surface area contributed by atoms with E-state index in [4.69, 9.17) is 13.8 Å². The zero-order chi connectivity index (χ0) is 10.7. The Balaban J connectivity index is 1.96. The van der Waals surface area contributed by atoms with E-state index in [9.17, 15) is 4.57 Å². The van der Waals surface area contributed by atoms with Crippen LogP contribution in [0.5, 0.6) is 0 Å². The van der Waals surface area contributed by atoms with Crippen molar-refractivity contribution >= 4 is 7.60 Å². The Morgan fingerprint density at radius 3 is 3.33 bits per heavy atom. The van der Waals surface area contributed by atoms with Gasteiger partial charge in [-0.3, -0.25) is 9.66 Å². The molecule has 8 heteroatoms. The molecule has 1 fully saturated rings. The molecule has 0 radical (unpaired) electrons. The van der Waals surface area contributed by atoms with Crippen molar-refractivity contribution < 1.29 is 18.3 Å². The summed E-state index contributed by atoms with van der Waals surface area (Å²) in [6, 6.07) is 0. The standard InChI is InChI=1S/C7H12N3O4P/c1-12-15(11)5-13-3-6(14-15)2-7-8-4-9-10-7/h4,6H,2-3,5H2,1H3,(H,8,9,10). The molecule has 84 valence electrons. The van der Waals surface area contributed by atoms with E-state index in [1.165, 1.54) is 13.4 Å². The maximum atomic E-state index is 11.7. The average Bonchev–Trinajstić information content (AvgIpc) is 2.71. The van der Waals surface area contributed by atoms with Crippen LogP contribution in [0.2, 0.25) is 0 Å². The minimum atomic E-state index is -3.06. The molecule has 0 aromatic carbocycles. The second-order valence-electron chi connectivity index (χ2n) is 3.14. The molecule has 0 bridgehead atoms. The number of nitrogens with one attached hydrogen (secondary N) is 1. The second-order valence-corrected chi connectivity index (χ2v) is 5.20. The summed E-state index contributed by atoms with van der Waals surface area (Å²) in [4.78, 5) is 3.95. The summed E-state index contributed by atoms with van der Waals surface area (Å²) in [7, 11) is -1.71. The summed E-state index contributed by atoms with van der Waals surface area (Å²) in [6.07, 6.45) is 1.63. The van der Waals surface area contributed by atoms with Crippen molar-refractivity contribution in [1.29, 1.82) is 0 Å². The van der Waals surface area contributed by atoms with E-state index in [1.54, 1.807) is 0 Å². The van der Waals surface area contributed by atoms with E-state index in [2.05, 4.69) is 15.2 Å². The van der Waals surface area contributed by atoms with E-state index in [1.807, 2.05) is 0 Å². The smallest absolute Gasteiger partial charge is 0.356 e. The summed E-state index contributed by atoms with van der Waals surface area (Å²) >= 11 is 0. The molecule has 0 amide bonds. The SMILES string of the molecule is COP1(=O)COCC(Cc2nc[nH]n2)O1. The van der Waals surface area contributed by atoms with Crippen LogP contribution in [-0.4, -0.2) is 41.3 Å². The van der Waals surface area contributed by atoms with Crippen molar-refractivity contribution in [2.45, 2.75) is 12.5 Å². The molecule has 1 aliphatic heterocycles. The number of hydrogen-bond acceptors (Lipinski definition) is 6. The molecule has 2 unspecified atom stereocenters. The highest BCUT2D eigenvalue weighted by molar-refractivity contribution is 7.53. The predicted molar refractivity (Wildman–Crippen MR) is 50.4 cm³/mol. The van der Waals surface area contributed by atoms with Gasteiger partial charge >= 0.3 is 7.60 Å². The lowest BCUT2D eigenvalue weighted by Gasteiger charge is -2.27. The highest BCUT2D eigenvalue weighted by atomic mass is 31.2. The number of H-pyrrole nitrogens is 1. The van der Waals surface area contributed by atoms with Crippen LogP contribution >= 0.6 is 7.60 Å². The van der Waals surface area contributed by atoms with Crippen LogP contribution in [0.25, 0.3) is 0 Å². The minimum Gasteiger partial charge on any atom is -0.366 e. The third-order valence-corrected chi connectivity index (χ3v) is 3.69. The average molecular weight is 233 g/mol. The molecule has 1 aromatic rings. The molecule has 0 saturated carbocycles. The molecule has 1 saturated heterocycles. The highest BCUT2D eigenvalue weighted by Crippen LogP contribution is 2.50. The Morgan fingerprint density at radius 1 is 1.80 bits per heavy atom. The number of hydrogen-bond donors (Lipinski definition) is 1. The molecular formula is C7H12N3O4P. The lowest BCUT2D eigenvalue weighted by Crippen LogP contribution is -2.28. The number of nitrogens with zero attached hydrogens (tertiary/aromatic N) is 2. The van der Waals surface area contributed by atoms with Gasteiger partial charge in [0.25, 0.3) is 0 Å². The van der Waals surface area contributed by atoms with Gasteiger partial charge in [-0.2, -0.15) is 5.10 Å². The quantitative estimate of drug-likeness (QED) is 0.767. The van der Waals surface area contributed by atoms with Gasteiger partial charge in [-0.05, 0) is 0 Å². The maximum absolute atomic E-state index is 11.7. The van der Waals surface area contributed by atoms with Crippen LogP contribution in [0.3, 0.4) is 0 Å². The van der Waals surface area contributed by atoms with Crippen LogP contribution < -0.4 is 0 Å². The van der Waals surface area contributed by atoms with Crippen molar-refractivity contribution in [2.24, 2.45) is 0 Å². The fraction of sp³-hybridized carbons (Fsp3) is 0.714. The first kappa shape index (κ1) is 10.8. The van der Waals surface area contributed by atoms with Crippen LogP contribution in [0.1, 0.15) is 5.82 Å². The summed E-state index contributed by atoms with van der Waals surface area (Å²) in [5.41, 5.74) is 0. The van der Waals surface area contributed by atoms with Gasteiger partial charge in [-0.25, -0.2) is 4.98 Å². The number of aromatic nitrogens is 3. The molecule has 0 spiro atoms. The Kier molecular flexibility index (Phi) is 3.16. The first-order chi connectivity index (χ1) is 7.22. The van der Waals surface area contributed by atoms with Gasteiger partial charge in [-0.15, -0.1) is 0 Å². The number of ether oxygens (including phenoxy) is 1. The Bertz CT molecular complexity index is 355. The second kappa shape index (κ2) is 4.40. The van der Waals surface area contributed by atoms with Crippen LogP contribution in [0.15, 0.2) is 6.33 Å². The fourth-order valence-corrected chi connectivity index (χ4v) is 2.48. The molecule has 1 aromatic heterocycles. The largest absolute Gasteiger partial charge is 0.366 e. The van der Waals surface area contributed by atoms with Crippen LogP contribution in [0, 0.1) is 0 Å². The van der Waals surface area contributed by atoms with Gasteiger partial charge in [0, 0.05) is 13.5 Å². The fourth-order valence-electron chi connectivity index (χ4n) is 1.31. The minimum absolute atomic E-state index is 0.00793. The van der Waals surface area contributed by atoms with Crippen molar-refractivity contribution in [3.8, 4) is 0 Å². The molecule has 0 aliphatic carbocycles. The van der Waals surface area contributed by atoms with Gasteiger partial charge in [0.1, 0.15) is 12.7 Å². The molecule has 1 N–H and O–H groups in total. The third kappa shape index (κ3) is 2.63. The lowest BCUT2D eigenvalue weighted by atomic mass is 10.2. The number of aromatic amines is 1. The van der Waals surface area contributed by atoms with Gasteiger partial charge in [0.15, 0.2) is 5.82 Å². The molecule has 2 rings (SSSR count). The zero-order valence-electron chi connectivity index (χ0n) is 8.25. The summed E-state index contributed by atoms with van der Waals surface area (Å²) in [5, 5.41) is 6.48. The van der Waals surface area contributed by atoms with Crippen molar-refractivity contribution in [1.82, 2.24) is 15.2 Å². The first-order valence-corrected chi connectivity index (χ1v) is 6.20. The van der Waals surface area contributed by atoms with E-state index >= 15 is 0 Å². The van der Waals surface area contributed by atoms with E-state index in [-0.39, 0.29) is 12.5 Å². The lowest BCUT2D eigenvalue weighted by molar-refractivity contribution is 0.0125. The van der Waals surface area contributed by atoms with E-state index in [0.29, 0.717) is 18.9 Å². The van der Waals surface area contributed by atoms with Gasteiger partial charge in [0.2, 0.25) is 0 Å². The molecular weight excluding hydrogens is 221 g/mol. The molecule has 7 nitrogen and oxygen atoms in total. The molecule has 2 atom stereocenters. The van der Waals surface area contributed by atoms with Crippen molar-refractivity contribution in [3.63, 3.8) is 0 Å². The molecule has 2 heterocycles. The van der Waals surface area contributed by atoms with Crippen molar-refractivity contribution in [2.75, 3.05) is 20.1 Å². The molecule has 15 heavy (non-hydrogen) atoms. The topological polar surface area (TPSA) is 86.3 Å². The number of rotatable bonds is 3. The first-order valence-electron chi connectivity index (χ1n) is 4.47. The summed E-state index contributed by atoms with van der Waals surface area (Å²) in [5.74, 6) is 0.605.